The van der Waals surface area contributed by atoms with Crippen LogP contribution in [0.4, 0.5) is 0 Å². The molecule has 1 saturated carbocycles. The summed E-state index contributed by atoms with van der Waals surface area (Å²) in [7, 11) is 0. The first-order valence-electron chi connectivity index (χ1n) is 9.85. The van der Waals surface area contributed by atoms with Gasteiger partial charge in [0, 0.05) is 12.4 Å². The van der Waals surface area contributed by atoms with Gasteiger partial charge in [-0.3, -0.25) is 9.88 Å². The van der Waals surface area contributed by atoms with Crippen molar-refractivity contribution in [3.63, 3.8) is 0 Å². The number of hydrogen-bond donors (Lipinski definition) is 0. The number of pyridine rings is 1. The first-order chi connectivity index (χ1) is 12.4. The lowest BCUT2D eigenvalue weighted by Crippen LogP contribution is -2.33. The molecule has 0 spiro atoms. The highest BCUT2D eigenvalue weighted by Gasteiger charge is 2.30. The van der Waals surface area contributed by atoms with E-state index in [1.54, 1.807) is 0 Å². The Hall–Kier alpha value is -1.82. The van der Waals surface area contributed by atoms with E-state index in [4.69, 9.17) is 0 Å². The zero-order valence-electron chi connectivity index (χ0n) is 14.9. The molecular formula is C19H28N6. The minimum atomic E-state index is 0.137. The Labute approximate surface area is 149 Å². The molecule has 25 heavy (non-hydrogen) atoms. The fourth-order valence-electron chi connectivity index (χ4n) is 4.39. The molecule has 134 valence electrons. The highest BCUT2D eigenvalue weighted by Crippen LogP contribution is 2.33. The van der Waals surface area contributed by atoms with Crippen molar-refractivity contribution in [1.82, 2.24) is 30.1 Å². The quantitative estimate of drug-likeness (QED) is 0.852. The zero-order valence-corrected chi connectivity index (χ0v) is 14.9. The molecule has 2 aromatic heterocycles. The molecule has 0 radical (unpaired) electrons. The molecule has 2 aromatic rings. The summed E-state index contributed by atoms with van der Waals surface area (Å²) in [4.78, 5) is 6.78. The lowest BCUT2D eigenvalue weighted by molar-refractivity contribution is 0.211. The van der Waals surface area contributed by atoms with Crippen LogP contribution in [0, 0.1) is 0 Å². The molecule has 0 bridgehead atoms. The van der Waals surface area contributed by atoms with Gasteiger partial charge in [0.25, 0.3) is 0 Å². The fourth-order valence-corrected chi connectivity index (χ4v) is 4.39. The molecule has 0 amide bonds. The molecule has 2 fully saturated rings. The van der Waals surface area contributed by atoms with E-state index in [-0.39, 0.29) is 6.04 Å². The van der Waals surface area contributed by atoms with Crippen LogP contribution in [0.5, 0.6) is 0 Å². The highest BCUT2D eigenvalue weighted by atomic mass is 15.6. The Balaban J connectivity index is 1.69. The van der Waals surface area contributed by atoms with Crippen molar-refractivity contribution in [3.8, 4) is 0 Å². The van der Waals surface area contributed by atoms with E-state index in [0.29, 0.717) is 6.04 Å². The maximum Gasteiger partial charge on any atom is 0.173 e. The second kappa shape index (κ2) is 8.04. The largest absolute Gasteiger partial charge is 0.290 e. The number of hydrogen-bond acceptors (Lipinski definition) is 5. The molecule has 3 heterocycles. The first kappa shape index (κ1) is 16.6. The Morgan fingerprint density at radius 1 is 0.880 bits per heavy atom. The Morgan fingerprint density at radius 2 is 1.56 bits per heavy atom. The number of rotatable bonds is 4. The average Bonchev–Trinajstić information content (AvgIpc) is 2.99. The van der Waals surface area contributed by atoms with Crippen LogP contribution >= 0.6 is 0 Å². The highest BCUT2D eigenvalue weighted by molar-refractivity contribution is 5.22. The van der Waals surface area contributed by atoms with Gasteiger partial charge in [-0.15, -0.1) is 5.10 Å². The summed E-state index contributed by atoms with van der Waals surface area (Å²) in [6, 6.07) is 4.83. The number of likely N-dealkylation sites (tertiary alicyclic amines) is 1. The van der Waals surface area contributed by atoms with Crippen molar-refractivity contribution >= 4 is 0 Å². The van der Waals surface area contributed by atoms with Crippen LogP contribution < -0.4 is 0 Å². The SMILES string of the molecule is c1cc(C(c2nnnn2C2CCCCC2)N2CCCCCC2)ccn1. The van der Waals surface area contributed by atoms with Gasteiger partial charge in [0.15, 0.2) is 5.82 Å². The lowest BCUT2D eigenvalue weighted by atomic mass is 9.95. The second-order valence-electron chi connectivity index (χ2n) is 7.41. The van der Waals surface area contributed by atoms with E-state index in [1.165, 1.54) is 63.4 Å². The Kier molecular flexibility index (Phi) is 5.35. The molecule has 0 aromatic carbocycles. The molecule has 1 unspecified atom stereocenters. The van der Waals surface area contributed by atoms with Crippen LogP contribution in [0.25, 0.3) is 0 Å². The van der Waals surface area contributed by atoms with Gasteiger partial charge in [-0.05, 0) is 66.9 Å². The van der Waals surface area contributed by atoms with E-state index >= 15 is 0 Å². The summed E-state index contributed by atoms with van der Waals surface area (Å²) in [5.74, 6) is 1.01. The maximum absolute atomic E-state index is 4.51. The van der Waals surface area contributed by atoms with Gasteiger partial charge < -0.3 is 0 Å². The number of tetrazole rings is 1. The van der Waals surface area contributed by atoms with E-state index in [0.717, 1.165) is 18.9 Å². The average molecular weight is 340 g/mol. The molecule has 6 heteroatoms. The predicted molar refractivity (Wildman–Crippen MR) is 96.1 cm³/mol. The second-order valence-corrected chi connectivity index (χ2v) is 7.41. The number of nitrogens with zero attached hydrogens (tertiary/aromatic N) is 6. The van der Waals surface area contributed by atoms with Gasteiger partial charge in [0.1, 0.15) is 0 Å². The van der Waals surface area contributed by atoms with Gasteiger partial charge in [0.2, 0.25) is 0 Å². The predicted octanol–water partition coefficient (Wildman–Crippen LogP) is 3.54. The number of aromatic nitrogens is 5. The summed E-state index contributed by atoms with van der Waals surface area (Å²) < 4.78 is 2.13. The standard InChI is InChI=1S/C19H28N6/c1-2-7-15-24(14-6-1)18(16-10-12-20-13-11-16)19-21-22-23-25(19)17-8-4-3-5-9-17/h10-13,17-18H,1-9,14-15H2. The van der Waals surface area contributed by atoms with Crippen molar-refractivity contribution in [2.45, 2.75) is 69.9 Å². The molecule has 1 saturated heterocycles. The van der Waals surface area contributed by atoms with Crippen LogP contribution in [-0.2, 0) is 0 Å². The van der Waals surface area contributed by atoms with Crippen LogP contribution in [0.1, 0.15) is 81.3 Å². The molecule has 2 aliphatic rings. The molecule has 0 N–H and O–H groups in total. The van der Waals surface area contributed by atoms with E-state index in [2.05, 4.69) is 42.2 Å². The zero-order chi connectivity index (χ0) is 16.9. The van der Waals surface area contributed by atoms with Crippen LogP contribution in [0.3, 0.4) is 0 Å². The van der Waals surface area contributed by atoms with Crippen molar-refractivity contribution < 1.29 is 0 Å². The van der Waals surface area contributed by atoms with E-state index < -0.39 is 0 Å². The van der Waals surface area contributed by atoms with Crippen molar-refractivity contribution in [1.29, 1.82) is 0 Å². The third kappa shape index (κ3) is 3.73. The molecule has 6 nitrogen and oxygen atoms in total. The smallest absolute Gasteiger partial charge is 0.173 e. The summed E-state index contributed by atoms with van der Waals surface area (Å²) in [6.07, 6.45) is 15.2. The van der Waals surface area contributed by atoms with E-state index in [1.807, 2.05) is 12.4 Å². The van der Waals surface area contributed by atoms with Gasteiger partial charge >= 0.3 is 0 Å². The van der Waals surface area contributed by atoms with Crippen LogP contribution in [0.2, 0.25) is 0 Å². The Morgan fingerprint density at radius 3 is 2.28 bits per heavy atom. The summed E-state index contributed by atoms with van der Waals surface area (Å²) in [5, 5.41) is 13.0. The lowest BCUT2D eigenvalue weighted by Gasteiger charge is -2.32. The summed E-state index contributed by atoms with van der Waals surface area (Å²) in [5.41, 5.74) is 1.25. The van der Waals surface area contributed by atoms with Crippen LogP contribution in [0.15, 0.2) is 24.5 Å². The molecule has 1 atom stereocenters. The molecular weight excluding hydrogens is 312 g/mol. The minimum Gasteiger partial charge on any atom is -0.290 e. The van der Waals surface area contributed by atoms with E-state index in [9.17, 15) is 0 Å². The van der Waals surface area contributed by atoms with Gasteiger partial charge in [-0.1, -0.05) is 32.1 Å². The topological polar surface area (TPSA) is 59.7 Å². The van der Waals surface area contributed by atoms with Crippen molar-refractivity contribution in [2.24, 2.45) is 0 Å². The molecule has 1 aliphatic carbocycles. The maximum atomic E-state index is 4.51. The first-order valence-corrected chi connectivity index (χ1v) is 9.85. The fraction of sp³-hybridized carbons (Fsp3) is 0.684. The van der Waals surface area contributed by atoms with Crippen molar-refractivity contribution in [2.75, 3.05) is 13.1 Å². The Bertz CT molecular complexity index is 641. The third-order valence-corrected chi connectivity index (χ3v) is 5.71. The van der Waals surface area contributed by atoms with Crippen molar-refractivity contribution in [3.05, 3.63) is 35.9 Å². The molecule has 4 rings (SSSR count). The summed E-state index contributed by atoms with van der Waals surface area (Å²) in [6.45, 7) is 2.23. The minimum absolute atomic E-state index is 0.137. The van der Waals surface area contributed by atoms with Gasteiger partial charge in [0.05, 0.1) is 12.1 Å². The third-order valence-electron chi connectivity index (χ3n) is 5.71. The normalized spacial score (nSPS) is 21.8. The molecule has 1 aliphatic heterocycles. The monoisotopic (exact) mass is 340 g/mol. The summed E-state index contributed by atoms with van der Waals surface area (Å²) >= 11 is 0. The van der Waals surface area contributed by atoms with Gasteiger partial charge in [-0.2, -0.15) is 0 Å². The van der Waals surface area contributed by atoms with Crippen LogP contribution in [-0.4, -0.2) is 43.2 Å². The van der Waals surface area contributed by atoms with Gasteiger partial charge in [-0.25, -0.2) is 4.68 Å².